The van der Waals surface area contributed by atoms with Crippen LogP contribution in [-0.4, -0.2) is 46.1 Å². The average molecular weight is 417 g/mol. The molecular weight excluding hydrogens is 384 g/mol. The standard InChI is InChI=1S/C24H32O6/c1-4-5-19-29-18-11-16-15-7-6-13-10-14(25)8-9-22(13,2)20(15)17(26)12-23(16,3)24(18,30-19)21(27)28/h8-10,15-20,26H,4-7,11-12H2,1-3H3,(H,27,28)/t15-,16-,17-,18+,19?,20+,22-,23-,24-/m0/s1. The first-order chi connectivity index (χ1) is 14.2. The largest absolute Gasteiger partial charge is 0.479 e. The molecular formula is C24H32O6. The van der Waals surface area contributed by atoms with Crippen molar-refractivity contribution in [2.75, 3.05) is 0 Å². The summed E-state index contributed by atoms with van der Waals surface area (Å²) in [6.07, 6.45) is 7.90. The van der Waals surface area contributed by atoms with E-state index in [0.29, 0.717) is 19.3 Å². The lowest BCUT2D eigenvalue weighted by atomic mass is 9.46. The Balaban J connectivity index is 1.55. The topological polar surface area (TPSA) is 93.1 Å². The van der Waals surface area contributed by atoms with E-state index in [1.165, 1.54) is 0 Å². The second-order valence-corrected chi connectivity index (χ2v) is 10.4. The molecule has 1 aliphatic heterocycles. The van der Waals surface area contributed by atoms with Crippen LogP contribution in [0.5, 0.6) is 0 Å². The molecule has 4 fully saturated rings. The molecule has 164 valence electrons. The molecule has 0 aromatic carbocycles. The molecule has 4 aliphatic carbocycles. The first kappa shape index (κ1) is 20.4. The van der Waals surface area contributed by atoms with Crippen molar-refractivity contribution < 1.29 is 29.3 Å². The van der Waals surface area contributed by atoms with Crippen LogP contribution in [0.1, 0.15) is 59.3 Å². The Hall–Kier alpha value is -1.50. The van der Waals surface area contributed by atoms with E-state index in [2.05, 4.69) is 6.92 Å². The molecule has 5 rings (SSSR count). The number of ketones is 1. The minimum Gasteiger partial charge on any atom is -0.479 e. The van der Waals surface area contributed by atoms with Gasteiger partial charge in [-0.15, -0.1) is 0 Å². The molecule has 0 amide bonds. The number of carbonyl (C=O) groups is 2. The number of hydrogen-bond donors (Lipinski definition) is 2. The van der Waals surface area contributed by atoms with Crippen LogP contribution in [0.3, 0.4) is 0 Å². The second-order valence-electron chi connectivity index (χ2n) is 10.4. The lowest BCUT2D eigenvalue weighted by Crippen LogP contribution is -2.63. The number of carbonyl (C=O) groups excluding carboxylic acids is 1. The number of carboxylic acids is 1. The highest BCUT2D eigenvalue weighted by Crippen LogP contribution is 2.69. The summed E-state index contributed by atoms with van der Waals surface area (Å²) in [6, 6.07) is 0. The number of ether oxygens (including phenoxy) is 2. The van der Waals surface area contributed by atoms with Gasteiger partial charge in [0.25, 0.3) is 0 Å². The van der Waals surface area contributed by atoms with E-state index < -0.39 is 35.5 Å². The molecule has 1 unspecified atom stereocenters. The van der Waals surface area contributed by atoms with Crippen LogP contribution in [0.2, 0.25) is 0 Å². The summed E-state index contributed by atoms with van der Waals surface area (Å²) in [6.45, 7) is 6.15. The van der Waals surface area contributed by atoms with Crippen LogP contribution in [0.25, 0.3) is 0 Å². The van der Waals surface area contributed by atoms with Crippen LogP contribution >= 0.6 is 0 Å². The Morgan fingerprint density at radius 1 is 1.33 bits per heavy atom. The van der Waals surface area contributed by atoms with E-state index in [1.54, 1.807) is 12.2 Å². The molecule has 0 bridgehead atoms. The number of hydrogen-bond acceptors (Lipinski definition) is 5. The zero-order valence-electron chi connectivity index (χ0n) is 18.0. The maximum Gasteiger partial charge on any atom is 0.339 e. The van der Waals surface area contributed by atoms with E-state index in [-0.39, 0.29) is 29.0 Å². The summed E-state index contributed by atoms with van der Waals surface area (Å²) in [5.41, 5.74) is -1.37. The van der Waals surface area contributed by atoms with Gasteiger partial charge in [0.05, 0.1) is 6.10 Å². The smallest absolute Gasteiger partial charge is 0.339 e. The van der Waals surface area contributed by atoms with E-state index in [1.807, 2.05) is 19.9 Å². The number of allylic oxidation sites excluding steroid dienone is 4. The van der Waals surface area contributed by atoms with Crippen LogP contribution in [0.15, 0.2) is 23.8 Å². The minimum absolute atomic E-state index is 0.0139. The van der Waals surface area contributed by atoms with Gasteiger partial charge in [0, 0.05) is 16.7 Å². The summed E-state index contributed by atoms with van der Waals surface area (Å²) in [4.78, 5) is 24.6. The quantitative estimate of drug-likeness (QED) is 0.734. The number of fused-ring (bicyclic) bond motifs is 7. The fourth-order valence-corrected chi connectivity index (χ4v) is 7.87. The number of rotatable bonds is 3. The van der Waals surface area contributed by atoms with Crippen molar-refractivity contribution in [3.63, 3.8) is 0 Å². The van der Waals surface area contributed by atoms with Crippen molar-refractivity contribution in [3.8, 4) is 0 Å². The molecule has 9 atom stereocenters. The lowest BCUT2D eigenvalue weighted by molar-refractivity contribution is -0.210. The highest BCUT2D eigenvalue weighted by atomic mass is 16.7. The van der Waals surface area contributed by atoms with Crippen molar-refractivity contribution in [2.24, 2.45) is 28.6 Å². The number of aliphatic hydroxyl groups excluding tert-OH is 1. The van der Waals surface area contributed by atoms with Crippen molar-refractivity contribution in [3.05, 3.63) is 23.8 Å². The Bertz CT molecular complexity index is 847. The first-order valence-corrected chi connectivity index (χ1v) is 11.4. The van der Waals surface area contributed by atoms with Gasteiger partial charge in [0.15, 0.2) is 17.7 Å². The SMILES string of the molecule is CCCC1O[C@@H]2C[C@H]3[C@@H]4CCC5=CC(=O)C=C[C@]5(C)[C@H]4[C@@H](O)C[C@]3(C)[C@]2(C(=O)O)O1. The van der Waals surface area contributed by atoms with Gasteiger partial charge in [0.2, 0.25) is 0 Å². The first-order valence-electron chi connectivity index (χ1n) is 11.4. The third kappa shape index (κ3) is 2.36. The molecule has 6 heteroatoms. The van der Waals surface area contributed by atoms with Gasteiger partial charge in [-0.05, 0) is 56.1 Å². The lowest BCUT2D eigenvalue weighted by Gasteiger charge is -2.59. The Morgan fingerprint density at radius 3 is 2.80 bits per heavy atom. The second kappa shape index (κ2) is 6.50. The molecule has 0 aromatic heterocycles. The van der Waals surface area contributed by atoms with E-state index in [0.717, 1.165) is 24.8 Å². The summed E-state index contributed by atoms with van der Waals surface area (Å²) in [5, 5.41) is 21.8. The van der Waals surface area contributed by atoms with Crippen LogP contribution in [0.4, 0.5) is 0 Å². The Labute approximate surface area is 177 Å². The predicted molar refractivity (Wildman–Crippen MR) is 108 cm³/mol. The van der Waals surface area contributed by atoms with Gasteiger partial charge >= 0.3 is 5.97 Å². The molecule has 6 nitrogen and oxygen atoms in total. The van der Waals surface area contributed by atoms with Crippen molar-refractivity contribution in [1.29, 1.82) is 0 Å². The predicted octanol–water partition coefficient (Wildman–Crippen LogP) is 3.24. The molecule has 0 spiro atoms. The van der Waals surface area contributed by atoms with Crippen molar-refractivity contribution in [2.45, 2.75) is 83.4 Å². The average Bonchev–Trinajstić information content (AvgIpc) is 3.15. The van der Waals surface area contributed by atoms with Crippen LogP contribution in [-0.2, 0) is 19.1 Å². The molecule has 1 saturated heterocycles. The van der Waals surface area contributed by atoms with Crippen molar-refractivity contribution in [1.82, 2.24) is 0 Å². The van der Waals surface area contributed by atoms with Gasteiger partial charge in [0.1, 0.15) is 6.10 Å². The van der Waals surface area contributed by atoms with Gasteiger partial charge in [-0.25, -0.2) is 4.79 Å². The molecule has 0 radical (unpaired) electrons. The van der Waals surface area contributed by atoms with Gasteiger partial charge in [-0.2, -0.15) is 0 Å². The summed E-state index contributed by atoms with van der Waals surface area (Å²) in [7, 11) is 0. The maximum absolute atomic E-state index is 12.7. The molecule has 5 aliphatic rings. The molecule has 0 aromatic rings. The molecule has 3 saturated carbocycles. The zero-order valence-corrected chi connectivity index (χ0v) is 18.0. The monoisotopic (exact) mass is 416 g/mol. The highest BCUT2D eigenvalue weighted by Gasteiger charge is 2.76. The third-order valence-corrected chi connectivity index (χ3v) is 9.13. The zero-order chi connectivity index (χ0) is 21.5. The van der Waals surface area contributed by atoms with E-state index in [9.17, 15) is 19.8 Å². The normalized spacial score (nSPS) is 51.6. The van der Waals surface area contributed by atoms with E-state index in [4.69, 9.17) is 9.47 Å². The fourth-order valence-electron chi connectivity index (χ4n) is 7.87. The molecule has 30 heavy (non-hydrogen) atoms. The van der Waals surface area contributed by atoms with Gasteiger partial charge in [-0.1, -0.05) is 38.8 Å². The van der Waals surface area contributed by atoms with Gasteiger partial charge in [-0.3, -0.25) is 4.79 Å². The number of carboxylic acid groups (broad SMARTS) is 1. The van der Waals surface area contributed by atoms with Crippen LogP contribution in [0, 0.1) is 28.6 Å². The highest BCUT2D eigenvalue weighted by molar-refractivity contribution is 6.01. The fraction of sp³-hybridized carbons (Fsp3) is 0.750. The molecule has 1 heterocycles. The summed E-state index contributed by atoms with van der Waals surface area (Å²) in [5.74, 6) is -0.722. The molecule has 2 N–H and O–H groups in total. The number of aliphatic hydroxyl groups is 1. The summed E-state index contributed by atoms with van der Waals surface area (Å²) < 4.78 is 12.4. The maximum atomic E-state index is 12.7. The van der Waals surface area contributed by atoms with Crippen molar-refractivity contribution >= 4 is 11.8 Å². The summed E-state index contributed by atoms with van der Waals surface area (Å²) >= 11 is 0. The van der Waals surface area contributed by atoms with E-state index >= 15 is 0 Å². The van der Waals surface area contributed by atoms with Crippen LogP contribution < -0.4 is 0 Å². The third-order valence-electron chi connectivity index (χ3n) is 9.13. The minimum atomic E-state index is -1.40. The number of aliphatic carboxylic acids is 1. The Morgan fingerprint density at radius 2 is 2.10 bits per heavy atom. The Kier molecular flexibility index (Phi) is 4.42. The van der Waals surface area contributed by atoms with Gasteiger partial charge < -0.3 is 19.7 Å².